The number of halogens is 2. The molecule has 1 unspecified atom stereocenters. The number of fused-ring (bicyclic) bond motifs is 1. The van der Waals surface area contributed by atoms with Gasteiger partial charge in [-0.05, 0) is 0 Å². The molecule has 0 aromatic carbocycles. The minimum atomic E-state index is -0.431. The summed E-state index contributed by atoms with van der Waals surface area (Å²) in [5.41, 5.74) is 0.320. The van der Waals surface area contributed by atoms with Gasteiger partial charge in [0.1, 0.15) is 12.0 Å². The number of nitrogens with zero attached hydrogens (tertiary/aromatic N) is 2. The Morgan fingerprint density at radius 1 is 1.64 bits per heavy atom. The molecule has 0 aromatic rings. The van der Waals surface area contributed by atoms with Crippen LogP contribution in [-0.4, -0.2) is 16.3 Å². The Labute approximate surface area is 73.7 Å². The van der Waals surface area contributed by atoms with Crippen molar-refractivity contribution < 1.29 is 4.74 Å². The van der Waals surface area contributed by atoms with Gasteiger partial charge >= 0.3 is 0 Å². The van der Waals surface area contributed by atoms with Crippen molar-refractivity contribution in [2.45, 2.75) is 5.56 Å². The van der Waals surface area contributed by atoms with Crippen LogP contribution in [0.3, 0.4) is 0 Å². The van der Waals surface area contributed by atoms with Crippen LogP contribution < -0.4 is 0 Å². The number of aliphatic imine (C=N–C) groups is 1. The van der Waals surface area contributed by atoms with Crippen molar-refractivity contribution in [3.05, 3.63) is 23.7 Å². The monoisotopic (exact) mass is 190 g/mol. The van der Waals surface area contributed by atoms with Crippen LogP contribution in [0, 0.1) is 0 Å². The second-order valence-electron chi connectivity index (χ2n) is 2.09. The predicted octanol–water partition coefficient (Wildman–Crippen LogP) is 1.80. The van der Waals surface area contributed by atoms with E-state index in [4.69, 9.17) is 28.1 Å². The normalized spacial score (nSPS) is 27.5. The first kappa shape index (κ1) is 7.00. The van der Waals surface area contributed by atoms with Crippen LogP contribution in [0.15, 0.2) is 28.7 Å². The maximum atomic E-state index is 5.72. The Balaban J connectivity index is 2.36. The number of hydrogen-bond acceptors (Lipinski definition) is 3. The molecule has 0 saturated carbocycles. The Hall–Kier alpha value is -0.670. The summed E-state index contributed by atoms with van der Waals surface area (Å²) in [7, 11) is 0. The van der Waals surface area contributed by atoms with E-state index in [1.807, 2.05) is 0 Å². The topological polar surface area (TPSA) is 24.8 Å². The highest BCUT2D eigenvalue weighted by molar-refractivity contribution is 6.22. The first-order chi connectivity index (χ1) is 5.27. The van der Waals surface area contributed by atoms with E-state index in [1.165, 1.54) is 10.8 Å². The largest absolute Gasteiger partial charge is 0.467 e. The van der Waals surface area contributed by atoms with Gasteiger partial charge in [-0.1, -0.05) is 11.6 Å². The molecule has 58 valence electrons. The molecule has 2 rings (SSSR count). The van der Waals surface area contributed by atoms with Gasteiger partial charge in [-0.25, -0.2) is 9.41 Å². The zero-order valence-corrected chi connectivity index (χ0v) is 6.88. The van der Waals surface area contributed by atoms with E-state index in [-0.39, 0.29) is 0 Å². The van der Waals surface area contributed by atoms with E-state index < -0.39 is 5.56 Å². The zero-order chi connectivity index (χ0) is 7.84. The molecule has 5 heteroatoms. The second kappa shape index (κ2) is 2.43. The summed E-state index contributed by atoms with van der Waals surface area (Å²) in [6.45, 7) is 0. The van der Waals surface area contributed by atoms with E-state index in [0.29, 0.717) is 5.76 Å². The summed E-state index contributed by atoms with van der Waals surface area (Å²) in [6, 6.07) is 0. The summed E-state index contributed by atoms with van der Waals surface area (Å²) in [5, 5.41) is 0. The van der Waals surface area contributed by atoms with E-state index in [2.05, 4.69) is 4.99 Å². The SMILES string of the molecule is ClC1C=C2C(=CN=CN2Cl)O1. The predicted molar refractivity (Wildman–Crippen MR) is 43.1 cm³/mol. The van der Waals surface area contributed by atoms with Gasteiger partial charge in [-0.3, -0.25) is 0 Å². The number of alkyl halides is 1. The number of ether oxygens (including phenoxy) is 1. The van der Waals surface area contributed by atoms with Crippen LogP contribution in [0.2, 0.25) is 0 Å². The van der Waals surface area contributed by atoms with Crippen molar-refractivity contribution in [3.63, 3.8) is 0 Å². The van der Waals surface area contributed by atoms with Crippen LogP contribution >= 0.6 is 23.4 Å². The minimum absolute atomic E-state index is 0.431. The van der Waals surface area contributed by atoms with Gasteiger partial charge in [-0.15, -0.1) is 0 Å². The zero-order valence-electron chi connectivity index (χ0n) is 5.37. The first-order valence-corrected chi connectivity index (χ1v) is 3.76. The average Bonchev–Trinajstić information content (AvgIpc) is 2.31. The van der Waals surface area contributed by atoms with Gasteiger partial charge in [0.15, 0.2) is 11.3 Å². The minimum Gasteiger partial charge on any atom is -0.467 e. The van der Waals surface area contributed by atoms with Gasteiger partial charge < -0.3 is 4.74 Å². The summed E-state index contributed by atoms with van der Waals surface area (Å²) in [6.07, 6.45) is 4.77. The lowest BCUT2D eigenvalue weighted by Crippen LogP contribution is -2.11. The highest BCUT2D eigenvalue weighted by Gasteiger charge is 2.25. The lowest BCUT2D eigenvalue weighted by atomic mass is 10.4. The summed E-state index contributed by atoms with van der Waals surface area (Å²) >= 11 is 11.4. The molecule has 0 spiro atoms. The van der Waals surface area contributed by atoms with Gasteiger partial charge in [0.2, 0.25) is 0 Å². The first-order valence-electron chi connectivity index (χ1n) is 2.99. The third kappa shape index (κ3) is 1.10. The maximum absolute atomic E-state index is 5.72. The van der Waals surface area contributed by atoms with Crippen LogP contribution in [0.1, 0.15) is 0 Å². The summed E-state index contributed by atoms with van der Waals surface area (Å²) in [4.78, 5) is 3.82. The molecular formula is C6H4Cl2N2O. The molecule has 0 amide bonds. The molecule has 0 radical (unpaired) electrons. The summed E-state index contributed by atoms with van der Waals surface area (Å²) < 4.78 is 6.47. The molecule has 2 heterocycles. The van der Waals surface area contributed by atoms with Crippen molar-refractivity contribution >= 4 is 29.7 Å². The van der Waals surface area contributed by atoms with Gasteiger partial charge in [-0.2, -0.15) is 0 Å². The molecule has 0 N–H and O–H groups in total. The average molecular weight is 191 g/mol. The Morgan fingerprint density at radius 2 is 2.45 bits per heavy atom. The van der Waals surface area contributed by atoms with E-state index in [1.54, 1.807) is 12.3 Å². The third-order valence-electron chi connectivity index (χ3n) is 1.37. The Morgan fingerprint density at radius 3 is 3.18 bits per heavy atom. The smallest absolute Gasteiger partial charge is 0.193 e. The van der Waals surface area contributed by atoms with Crippen molar-refractivity contribution in [2.75, 3.05) is 0 Å². The molecular weight excluding hydrogens is 187 g/mol. The number of hydrogen-bond donors (Lipinski definition) is 0. The Kier molecular flexibility index (Phi) is 1.55. The van der Waals surface area contributed by atoms with E-state index >= 15 is 0 Å². The Bertz CT molecular complexity index is 272. The molecule has 11 heavy (non-hydrogen) atoms. The molecule has 0 aromatic heterocycles. The standard InChI is InChI=1S/C6H4Cl2N2O/c7-6-1-4-5(11-6)2-9-3-10(4)8/h1-3,6H. The highest BCUT2D eigenvalue weighted by Crippen LogP contribution is 2.30. The molecule has 0 aliphatic carbocycles. The maximum Gasteiger partial charge on any atom is 0.193 e. The van der Waals surface area contributed by atoms with Crippen LogP contribution in [0.5, 0.6) is 0 Å². The van der Waals surface area contributed by atoms with Gasteiger partial charge in [0.05, 0.1) is 6.20 Å². The van der Waals surface area contributed by atoms with E-state index in [9.17, 15) is 0 Å². The van der Waals surface area contributed by atoms with Crippen molar-refractivity contribution in [3.8, 4) is 0 Å². The van der Waals surface area contributed by atoms with Gasteiger partial charge in [0, 0.05) is 17.9 Å². The van der Waals surface area contributed by atoms with Crippen LogP contribution in [0.25, 0.3) is 0 Å². The molecule has 2 aliphatic rings. The number of rotatable bonds is 0. The molecule has 1 atom stereocenters. The van der Waals surface area contributed by atoms with Gasteiger partial charge in [0.25, 0.3) is 0 Å². The third-order valence-corrected chi connectivity index (χ3v) is 1.86. The fraction of sp³-hybridized carbons (Fsp3) is 0.167. The van der Waals surface area contributed by atoms with Crippen molar-refractivity contribution in [1.82, 2.24) is 4.42 Å². The fourth-order valence-corrected chi connectivity index (χ4v) is 1.32. The molecule has 0 bridgehead atoms. The molecule has 0 fully saturated rings. The van der Waals surface area contributed by atoms with Crippen LogP contribution in [0.4, 0.5) is 0 Å². The quantitative estimate of drug-likeness (QED) is 0.430. The van der Waals surface area contributed by atoms with Crippen molar-refractivity contribution in [2.24, 2.45) is 4.99 Å². The van der Waals surface area contributed by atoms with E-state index in [0.717, 1.165) is 5.70 Å². The second-order valence-corrected chi connectivity index (χ2v) is 2.88. The highest BCUT2D eigenvalue weighted by atomic mass is 35.5. The lowest BCUT2D eigenvalue weighted by molar-refractivity contribution is 0.239. The lowest BCUT2D eigenvalue weighted by Gasteiger charge is -2.13. The fourth-order valence-electron chi connectivity index (χ4n) is 0.917. The van der Waals surface area contributed by atoms with Crippen molar-refractivity contribution in [1.29, 1.82) is 0 Å². The molecule has 0 saturated heterocycles. The van der Waals surface area contributed by atoms with Crippen LogP contribution in [-0.2, 0) is 4.74 Å². The molecule has 2 aliphatic heterocycles. The molecule has 3 nitrogen and oxygen atoms in total. The summed E-state index contributed by atoms with van der Waals surface area (Å²) in [5.74, 6) is 0.613.